The van der Waals surface area contributed by atoms with Crippen molar-refractivity contribution < 1.29 is 14.3 Å². The molecule has 5 heteroatoms. The van der Waals surface area contributed by atoms with Crippen molar-refractivity contribution in [2.24, 2.45) is 0 Å². The highest BCUT2D eigenvalue weighted by Crippen LogP contribution is 2.13. The number of ether oxygens (including phenoxy) is 1. The second kappa shape index (κ2) is 8.10. The van der Waals surface area contributed by atoms with Gasteiger partial charge in [0.1, 0.15) is 0 Å². The van der Waals surface area contributed by atoms with Gasteiger partial charge in [-0.2, -0.15) is 0 Å². The lowest BCUT2D eigenvalue weighted by Crippen LogP contribution is -2.27. The lowest BCUT2D eigenvalue weighted by Gasteiger charge is -2.08. The fourth-order valence-corrected chi connectivity index (χ4v) is 2.10. The number of methoxy groups -OCH3 is 1. The third-order valence-corrected chi connectivity index (χ3v) is 3.25. The largest absolute Gasteiger partial charge is 0.383 e. The van der Waals surface area contributed by atoms with Crippen LogP contribution in [-0.4, -0.2) is 32.1 Å². The van der Waals surface area contributed by atoms with Crippen molar-refractivity contribution in [3.63, 3.8) is 0 Å². The number of carbonyl (C=O) groups excluding carboxylic acids is 2. The van der Waals surface area contributed by atoms with Crippen molar-refractivity contribution in [3.05, 3.63) is 65.2 Å². The summed E-state index contributed by atoms with van der Waals surface area (Å²) in [7, 11) is 1.58. The average Bonchev–Trinajstić information content (AvgIpc) is 2.55. The smallest absolute Gasteiger partial charge is 0.255 e. The van der Waals surface area contributed by atoms with E-state index < -0.39 is 0 Å². The van der Waals surface area contributed by atoms with Gasteiger partial charge in [0, 0.05) is 30.5 Å². The summed E-state index contributed by atoms with van der Waals surface area (Å²) in [4.78, 5) is 24.2. The van der Waals surface area contributed by atoms with Crippen molar-refractivity contribution in [2.75, 3.05) is 25.6 Å². The van der Waals surface area contributed by atoms with Gasteiger partial charge in [0.15, 0.2) is 0 Å². The number of hydrogen-bond acceptors (Lipinski definition) is 3. The predicted molar refractivity (Wildman–Crippen MR) is 89.8 cm³/mol. The van der Waals surface area contributed by atoms with Crippen molar-refractivity contribution in [2.45, 2.75) is 6.92 Å². The molecule has 0 atom stereocenters. The molecule has 23 heavy (non-hydrogen) atoms. The summed E-state index contributed by atoms with van der Waals surface area (Å²) in [5, 5.41) is 5.55. The maximum absolute atomic E-state index is 12.2. The molecule has 2 N–H and O–H groups in total. The first-order valence-corrected chi connectivity index (χ1v) is 7.35. The molecule has 5 nitrogen and oxygen atoms in total. The van der Waals surface area contributed by atoms with E-state index in [1.807, 2.05) is 25.1 Å². The molecular weight excluding hydrogens is 292 g/mol. The number of aryl methyl sites for hydroxylation is 1. The van der Waals surface area contributed by atoms with Crippen LogP contribution < -0.4 is 10.6 Å². The molecule has 0 radical (unpaired) electrons. The Bertz CT molecular complexity index is 698. The van der Waals surface area contributed by atoms with E-state index in [1.54, 1.807) is 37.4 Å². The van der Waals surface area contributed by atoms with Crippen LogP contribution in [0.4, 0.5) is 5.69 Å². The summed E-state index contributed by atoms with van der Waals surface area (Å²) >= 11 is 0. The fraction of sp³-hybridized carbons (Fsp3) is 0.222. The Kier molecular flexibility index (Phi) is 5.88. The van der Waals surface area contributed by atoms with Gasteiger partial charge in [-0.05, 0) is 37.3 Å². The average molecular weight is 312 g/mol. The zero-order valence-corrected chi connectivity index (χ0v) is 13.3. The van der Waals surface area contributed by atoms with Crippen LogP contribution in [0.25, 0.3) is 0 Å². The van der Waals surface area contributed by atoms with E-state index in [0.717, 1.165) is 5.56 Å². The Balaban J connectivity index is 2.05. The lowest BCUT2D eigenvalue weighted by atomic mass is 10.1. The van der Waals surface area contributed by atoms with Gasteiger partial charge in [0.05, 0.1) is 6.61 Å². The molecule has 2 aromatic rings. The van der Waals surface area contributed by atoms with Gasteiger partial charge < -0.3 is 15.4 Å². The van der Waals surface area contributed by atoms with Gasteiger partial charge in [0.25, 0.3) is 11.8 Å². The predicted octanol–water partition coefficient (Wildman–Crippen LogP) is 2.62. The standard InChI is InChI=1S/C18H20N2O3/c1-13-5-3-6-14(11-13)18(22)20-16-8-4-7-15(12-16)17(21)19-9-10-23-2/h3-8,11-12H,9-10H2,1-2H3,(H,19,21)(H,20,22). The molecule has 2 rings (SSSR count). The van der Waals surface area contributed by atoms with Crippen molar-refractivity contribution >= 4 is 17.5 Å². The Hall–Kier alpha value is -2.66. The van der Waals surface area contributed by atoms with E-state index in [-0.39, 0.29) is 11.8 Å². The maximum atomic E-state index is 12.2. The van der Waals surface area contributed by atoms with Crippen molar-refractivity contribution in [1.82, 2.24) is 5.32 Å². The molecule has 0 bridgehead atoms. The molecule has 0 aliphatic heterocycles. The maximum Gasteiger partial charge on any atom is 0.255 e. The molecule has 120 valence electrons. The molecule has 0 saturated heterocycles. The van der Waals surface area contributed by atoms with Gasteiger partial charge >= 0.3 is 0 Å². The summed E-state index contributed by atoms with van der Waals surface area (Å²) in [6, 6.07) is 14.2. The van der Waals surface area contributed by atoms with Crippen LogP contribution in [0.3, 0.4) is 0 Å². The normalized spacial score (nSPS) is 10.2. The van der Waals surface area contributed by atoms with E-state index in [9.17, 15) is 9.59 Å². The molecule has 0 aromatic heterocycles. The summed E-state index contributed by atoms with van der Waals surface area (Å²) < 4.78 is 4.89. The zero-order valence-electron chi connectivity index (χ0n) is 13.3. The second-order valence-electron chi connectivity index (χ2n) is 5.15. The summed E-state index contributed by atoms with van der Waals surface area (Å²) in [5.74, 6) is -0.403. The van der Waals surface area contributed by atoms with E-state index >= 15 is 0 Å². The van der Waals surface area contributed by atoms with Crippen LogP contribution in [-0.2, 0) is 4.74 Å². The summed E-state index contributed by atoms with van der Waals surface area (Å²) in [5.41, 5.74) is 2.67. The molecular formula is C18H20N2O3. The Labute approximate surface area is 135 Å². The first kappa shape index (κ1) is 16.7. The minimum Gasteiger partial charge on any atom is -0.383 e. The van der Waals surface area contributed by atoms with Crippen LogP contribution in [0.5, 0.6) is 0 Å². The number of anilines is 1. The number of hydrogen-bond donors (Lipinski definition) is 2. The van der Waals surface area contributed by atoms with Crippen molar-refractivity contribution in [1.29, 1.82) is 0 Å². The number of benzene rings is 2. The Morgan fingerprint density at radius 1 is 1.00 bits per heavy atom. The first-order valence-electron chi connectivity index (χ1n) is 7.35. The highest BCUT2D eigenvalue weighted by atomic mass is 16.5. The van der Waals surface area contributed by atoms with E-state index in [1.165, 1.54) is 0 Å². The summed E-state index contributed by atoms with van der Waals surface area (Å²) in [6.07, 6.45) is 0. The molecule has 0 aliphatic carbocycles. The van der Waals surface area contributed by atoms with Gasteiger partial charge in [-0.15, -0.1) is 0 Å². The third-order valence-electron chi connectivity index (χ3n) is 3.25. The van der Waals surface area contributed by atoms with Gasteiger partial charge in [0.2, 0.25) is 0 Å². The monoisotopic (exact) mass is 312 g/mol. The quantitative estimate of drug-likeness (QED) is 0.806. The number of carbonyl (C=O) groups is 2. The van der Waals surface area contributed by atoms with Crippen LogP contribution in [0, 0.1) is 6.92 Å². The van der Waals surface area contributed by atoms with Crippen LogP contribution >= 0.6 is 0 Å². The van der Waals surface area contributed by atoms with Crippen LogP contribution in [0.2, 0.25) is 0 Å². The van der Waals surface area contributed by atoms with Gasteiger partial charge in [-0.25, -0.2) is 0 Å². The number of rotatable bonds is 6. The second-order valence-corrected chi connectivity index (χ2v) is 5.15. The minimum atomic E-state index is -0.203. The van der Waals surface area contributed by atoms with Crippen molar-refractivity contribution in [3.8, 4) is 0 Å². The highest BCUT2D eigenvalue weighted by Gasteiger charge is 2.09. The molecule has 2 amide bonds. The number of amides is 2. The topological polar surface area (TPSA) is 67.4 Å². The van der Waals surface area contributed by atoms with Crippen LogP contribution in [0.15, 0.2) is 48.5 Å². The molecule has 0 spiro atoms. The molecule has 0 aliphatic rings. The highest BCUT2D eigenvalue weighted by molar-refractivity contribution is 6.05. The van der Waals surface area contributed by atoms with E-state index in [0.29, 0.717) is 30.0 Å². The molecule has 2 aromatic carbocycles. The summed E-state index contributed by atoms with van der Waals surface area (Å²) in [6.45, 7) is 2.83. The van der Waals surface area contributed by atoms with Gasteiger partial charge in [-0.3, -0.25) is 9.59 Å². The minimum absolute atomic E-state index is 0.200. The lowest BCUT2D eigenvalue weighted by molar-refractivity contribution is 0.0936. The van der Waals surface area contributed by atoms with Gasteiger partial charge in [-0.1, -0.05) is 23.8 Å². The fourth-order valence-electron chi connectivity index (χ4n) is 2.10. The molecule has 0 saturated carbocycles. The zero-order chi connectivity index (χ0) is 16.7. The SMILES string of the molecule is COCCNC(=O)c1cccc(NC(=O)c2cccc(C)c2)c1. The Morgan fingerprint density at radius 2 is 1.70 bits per heavy atom. The first-order chi connectivity index (χ1) is 11.1. The molecule has 0 heterocycles. The molecule has 0 fully saturated rings. The Morgan fingerprint density at radius 3 is 2.39 bits per heavy atom. The van der Waals surface area contributed by atoms with E-state index in [4.69, 9.17) is 4.74 Å². The third kappa shape index (κ3) is 4.93. The van der Waals surface area contributed by atoms with E-state index in [2.05, 4.69) is 10.6 Å². The number of nitrogens with one attached hydrogen (secondary N) is 2. The molecule has 0 unspecified atom stereocenters. The van der Waals surface area contributed by atoms with Crippen LogP contribution in [0.1, 0.15) is 26.3 Å².